The van der Waals surface area contributed by atoms with Crippen LogP contribution in [0.3, 0.4) is 0 Å². The van der Waals surface area contributed by atoms with Crippen LogP contribution in [0.1, 0.15) is 5.56 Å². The molecule has 5 heteroatoms. The highest BCUT2D eigenvalue weighted by Gasteiger charge is 2.19. The number of hydrogen-bond donors (Lipinski definition) is 3. The van der Waals surface area contributed by atoms with E-state index in [1.807, 2.05) is 28.7 Å². The van der Waals surface area contributed by atoms with Gasteiger partial charge in [-0.15, -0.1) is 0 Å². The Kier molecular flexibility index (Phi) is 3.94. The molecule has 2 aromatic rings. The van der Waals surface area contributed by atoms with Crippen LogP contribution < -0.4 is 0 Å². The summed E-state index contributed by atoms with van der Waals surface area (Å²) in [5, 5.41) is 28.7. The van der Waals surface area contributed by atoms with Crippen molar-refractivity contribution < 1.29 is 20.1 Å². The SMILES string of the molecule is O=C(O)Cc1c(I)c(O)cc(O)c1-c1ccccc1. The Morgan fingerprint density at radius 2 is 1.74 bits per heavy atom. The molecule has 3 N–H and O–H groups in total. The Morgan fingerprint density at radius 1 is 1.11 bits per heavy atom. The first-order valence-electron chi connectivity index (χ1n) is 5.51. The monoisotopic (exact) mass is 370 g/mol. The largest absolute Gasteiger partial charge is 0.507 e. The van der Waals surface area contributed by atoms with Gasteiger partial charge in [0.25, 0.3) is 0 Å². The van der Waals surface area contributed by atoms with Gasteiger partial charge in [0.05, 0.1) is 9.99 Å². The van der Waals surface area contributed by atoms with E-state index in [-0.39, 0.29) is 17.9 Å². The van der Waals surface area contributed by atoms with Crippen molar-refractivity contribution in [1.82, 2.24) is 0 Å². The summed E-state index contributed by atoms with van der Waals surface area (Å²) in [4.78, 5) is 11.0. The summed E-state index contributed by atoms with van der Waals surface area (Å²) in [7, 11) is 0. The van der Waals surface area contributed by atoms with Gasteiger partial charge >= 0.3 is 5.97 Å². The lowest BCUT2D eigenvalue weighted by molar-refractivity contribution is -0.136. The van der Waals surface area contributed by atoms with Crippen molar-refractivity contribution in [2.24, 2.45) is 0 Å². The van der Waals surface area contributed by atoms with E-state index in [1.165, 1.54) is 6.07 Å². The van der Waals surface area contributed by atoms with Gasteiger partial charge in [0, 0.05) is 11.6 Å². The minimum Gasteiger partial charge on any atom is -0.507 e. The van der Waals surface area contributed by atoms with Crippen LogP contribution in [0.15, 0.2) is 36.4 Å². The molecule has 0 atom stereocenters. The molecule has 0 saturated heterocycles. The summed E-state index contributed by atoms with van der Waals surface area (Å²) in [5.74, 6) is -1.26. The van der Waals surface area contributed by atoms with Crippen molar-refractivity contribution in [2.45, 2.75) is 6.42 Å². The standard InChI is InChI=1S/C14H11IO4/c15-14-9(6-12(18)19)13(10(16)7-11(14)17)8-4-2-1-3-5-8/h1-5,7,16-17H,6H2,(H,18,19). The predicted molar refractivity (Wildman–Crippen MR) is 79.3 cm³/mol. The number of aromatic hydroxyl groups is 2. The molecule has 4 nitrogen and oxygen atoms in total. The van der Waals surface area contributed by atoms with Crippen LogP contribution in [0, 0.1) is 3.57 Å². The zero-order valence-corrected chi connectivity index (χ0v) is 12.0. The first kappa shape index (κ1) is 13.7. The van der Waals surface area contributed by atoms with Crippen LogP contribution in [0.5, 0.6) is 11.5 Å². The number of phenolic OH excluding ortho intramolecular Hbond substituents is 2. The van der Waals surface area contributed by atoms with E-state index in [1.54, 1.807) is 24.3 Å². The van der Waals surface area contributed by atoms with Gasteiger partial charge in [0.15, 0.2) is 0 Å². The van der Waals surface area contributed by atoms with Gasteiger partial charge in [-0.05, 0) is 33.7 Å². The minimum absolute atomic E-state index is 0.117. The number of phenols is 2. The van der Waals surface area contributed by atoms with Gasteiger partial charge in [-0.2, -0.15) is 0 Å². The molecule has 2 aromatic carbocycles. The topological polar surface area (TPSA) is 77.8 Å². The summed E-state index contributed by atoms with van der Waals surface area (Å²) in [6, 6.07) is 10.2. The van der Waals surface area contributed by atoms with Crippen molar-refractivity contribution in [3.8, 4) is 22.6 Å². The molecular weight excluding hydrogens is 359 g/mol. The predicted octanol–water partition coefficient (Wildman–Crippen LogP) is 3.00. The molecule has 0 unspecified atom stereocenters. The van der Waals surface area contributed by atoms with E-state index in [2.05, 4.69) is 0 Å². The fourth-order valence-electron chi connectivity index (χ4n) is 1.93. The quantitative estimate of drug-likeness (QED) is 0.726. The van der Waals surface area contributed by atoms with E-state index in [4.69, 9.17) is 5.11 Å². The molecular formula is C14H11IO4. The molecule has 0 amide bonds. The zero-order valence-electron chi connectivity index (χ0n) is 9.80. The smallest absolute Gasteiger partial charge is 0.307 e. The Morgan fingerprint density at radius 3 is 2.32 bits per heavy atom. The molecule has 0 aliphatic heterocycles. The van der Waals surface area contributed by atoms with Gasteiger partial charge < -0.3 is 15.3 Å². The number of carbonyl (C=O) groups is 1. The molecule has 2 rings (SSSR count). The van der Waals surface area contributed by atoms with E-state index in [9.17, 15) is 15.0 Å². The molecule has 0 fully saturated rings. The Balaban J connectivity index is 2.71. The lowest BCUT2D eigenvalue weighted by atomic mass is 9.96. The highest BCUT2D eigenvalue weighted by atomic mass is 127. The highest BCUT2D eigenvalue weighted by molar-refractivity contribution is 14.1. The van der Waals surface area contributed by atoms with E-state index < -0.39 is 5.97 Å². The van der Waals surface area contributed by atoms with E-state index in [0.717, 1.165) is 0 Å². The first-order valence-corrected chi connectivity index (χ1v) is 6.59. The molecule has 0 spiro atoms. The maximum Gasteiger partial charge on any atom is 0.307 e. The summed E-state index contributed by atoms with van der Waals surface area (Å²) in [6.07, 6.45) is -0.259. The van der Waals surface area contributed by atoms with E-state index >= 15 is 0 Å². The van der Waals surface area contributed by atoms with Crippen molar-refractivity contribution in [2.75, 3.05) is 0 Å². The third-order valence-corrected chi connectivity index (χ3v) is 3.92. The van der Waals surface area contributed by atoms with Crippen LogP contribution >= 0.6 is 22.6 Å². The third kappa shape index (κ3) is 2.81. The molecule has 0 aliphatic rings. The van der Waals surface area contributed by atoms with Crippen LogP contribution in [0.2, 0.25) is 0 Å². The molecule has 0 saturated carbocycles. The van der Waals surface area contributed by atoms with Gasteiger partial charge in [0.1, 0.15) is 11.5 Å². The van der Waals surface area contributed by atoms with Crippen molar-refractivity contribution in [3.05, 3.63) is 45.5 Å². The second-order valence-corrected chi connectivity index (χ2v) is 5.10. The average Bonchev–Trinajstić information content (AvgIpc) is 2.36. The van der Waals surface area contributed by atoms with Crippen molar-refractivity contribution in [3.63, 3.8) is 0 Å². The molecule has 19 heavy (non-hydrogen) atoms. The molecule has 0 bridgehead atoms. The van der Waals surface area contributed by atoms with E-state index in [0.29, 0.717) is 20.3 Å². The normalized spacial score (nSPS) is 10.4. The molecule has 0 aliphatic carbocycles. The Bertz CT molecular complexity index is 623. The maximum atomic E-state index is 11.0. The summed E-state index contributed by atoms with van der Waals surface area (Å²) >= 11 is 1.88. The number of aliphatic carboxylic acids is 1. The number of rotatable bonds is 3. The second-order valence-electron chi connectivity index (χ2n) is 4.02. The van der Waals surface area contributed by atoms with Gasteiger partial charge in [0.2, 0.25) is 0 Å². The van der Waals surface area contributed by atoms with Crippen molar-refractivity contribution in [1.29, 1.82) is 0 Å². The lowest BCUT2D eigenvalue weighted by Crippen LogP contribution is -2.04. The summed E-state index contributed by atoms with van der Waals surface area (Å²) in [5.41, 5.74) is 1.58. The Hall–Kier alpha value is -1.76. The van der Waals surface area contributed by atoms with Crippen LogP contribution in [-0.4, -0.2) is 21.3 Å². The van der Waals surface area contributed by atoms with Crippen LogP contribution in [0.25, 0.3) is 11.1 Å². The number of carboxylic acid groups (broad SMARTS) is 1. The zero-order chi connectivity index (χ0) is 14.0. The van der Waals surface area contributed by atoms with Crippen LogP contribution in [-0.2, 0) is 11.2 Å². The highest BCUT2D eigenvalue weighted by Crippen LogP contribution is 2.40. The fraction of sp³-hybridized carbons (Fsp3) is 0.0714. The second kappa shape index (κ2) is 5.48. The number of carboxylic acids is 1. The maximum absolute atomic E-state index is 11.0. The lowest BCUT2D eigenvalue weighted by Gasteiger charge is -2.14. The summed E-state index contributed by atoms with van der Waals surface area (Å²) < 4.78 is 0.441. The third-order valence-electron chi connectivity index (χ3n) is 2.71. The summed E-state index contributed by atoms with van der Waals surface area (Å²) in [6.45, 7) is 0. The number of hydrogen-bond acceptors (Lipinski definition) is 3. The molecule has 0 radical (unpaired) electrons. The van der Waals surface area contributed by atoms with Gasteiger partial charge in [-0.1, -0.05) is 30.3 Å². The number of benzene rings is 2. The first-order chi connectivity index (χ1) is 9.00. The Labute approximate surface area is 123 Å². The van der Waals surface area contributed by atoms with Gasteiger partial charge in [-0.3, -0.25) is 4.79 Å². The van der Waals surface area contributed by atoms with Crippen molar-refractivity contribution >= 4 is 28.6 Å². The number of halogens is 1. The molecule has 0 aromatic heterocycles. The minimum atomic E-state index is -1.01. The fourth-order valence-corrected chi connectivity index (χ4v) is 2.54. The molecule has 0 heterocycles. The van der Waals surface area contributed by atoms with Gasteiger partial charge in [-0.25, -0.2) is 0 Å². The van der Waals surface area contributed by atoms with Crippen LogP contribution in [0.4, 0.5) is 0 Å². The molecule has 98 valence electrons. The average molecular weight is 370 g/mol.